The Morgan fingerprint density at radius 1 is 1.42 bits per heavy atom. The molecule has 0 atom stereocenters. The molecule has 5 nitrogen and oxygen atoms in total. The summed E-state index contributed by atoms with van der Waals surface area (Å²) in [6, 6.07) is 2.28. The lowest BCUT2D eigenvalue weighted by atomic mass is 10.2. The molecule has 0 aliphatic rings. The molecule has 1 heterocycles. The van der Waals surface area contributed by atoms with Crippen molar-refractivity contribution in [3.05, 3.63) is 23.0 Å². The Bertz CT molecular complexity index is 612. The second-order valence-electron chi connectivity index (χ2n) is 4.23. The predicted molar refractivity (Wildman–Crippen MR) is 72.1 cm³/mol. The zero-order chi connectivity index (χ0) is 14.2. The van der Waals surface area contributed by atoms with Gasteiger partial charge in [0, 0.05) is 26.7 Å². The van der Waals surface area contributed by atoms with Gasteiger partial charge in [-0.05, 0) is 13.0 Å². The van der Waals surface area contributed by atoms with Crippen molar-refractivity contribution in [1.82, 2.24) is 14.8 Å². The number of phenolic OH excluding ortho intramolecular Hbond substituents is 1. The summed E-state index contributed by atoms with van der Waals surface area (Å²) in [5.41, 5.74) is 0.165. The van der Waals surface area contributed by atoms with Crippen LogP contribution in [0.2, 0.25) is 5.02 Å². The average molecular weight is 285 g/mol. The number of hydrogen-bond acceptors (Lipinski definition) is 4. The molecule has 1 aromatic carbocycles. The lowest BCUT2D eigenvalue weighted by molar-refractivity contribution is 0.469. The molecule has 0 radical (unpaired) electrons. The van der Waals surface area contributed by atoms with E-state index >= 15 is 0 Å². The van der Waals surface area contributed by atoms with Crippen LogP contribution < -0.4 is 4.90 Å². The second kappa shape index (κ2) is 5.05. The summed E-state index contributed by atoms with van der Waals surface area (Å²) < 4.78 is 15.5. The lowest BCUT2D eigenvalue weighted by Crippen LogP contribution is -2.15. The van der Waals surface area contributed by atoms with Gasteiger partial charge in [-0.3, -0.25) is 0 Å². The van der Waals surface area contributed by atoms with Crippen LogP contribution in [0, 0.1) is 5.82 Å². The van der Waals surface area contributed by atoms with E-state index in [0.717, 1.165) is 6.07 Å². The molecule has 2 rings (SSSR count). The van der Waals surface area contributed by atoms with E-state index in [0.29, 0.717) is 12.5 Å². The van der Waals surface area contributed by atoms with Gasteiger partial charge in [0.05, 0.1) is 10.6 Å². The van der Waals surface area contributed by atoms with Crippen molar-refractivity contribution >= 4 is 17.5 Å². The van der Waals surface area contributed by atoms with Gasteiger partial charge in [-0.15, -0.1) is 5.10 Å². The van der Waals surface area contributed by atoms with Crippen LogP contribution in [0.1, 0.15) is 6.92 Å². The molecule has 19 heavy (non-hydrogen) atoms. The van der Waals surface area contributed by atoms with E-state index in [-0.39, 0.29) is 22.2 Å². The van der Waals surface area contributed by atoms with Gasteiger partial charge in [-0.1, -0.05) is 11.6 Å². The van der Waals surface area contributed by atoms with Crippen LogP contribution >= 0.6 is 11.6 Å². The number of aryl methyl sites for hydroxylation is 1. The van der Waals surface area contributed by atoms with Crippen LogP contribution in [-0.2, 0) is 6.54 Å². The van der Waals surface area contributed by atoms with Crippen molar-refractivity contribution in [2.24, 2.45) is 0 Å². The van der Waals surface area contributed by atoms with Crippen LogP contribution in [0.3, 0.4) is 0 Å². The molecule has 0 unspecified atom stereocenters. The predicted octanol–water partition coefficient (Wildman–Crippen LogP) is 2.53. The zero-order valence-electron chi connectivity index (χ0n) is 10.9. The first kappa shape index (κ1) is 13.6. The van der Waals surface area contributed by atoms with Gasteiger partial charge in [-0.2, -0.15) is 4.98 Å². The fraction of sp³-hybridized carbons (Fsp3) is 0.333. The van der Waals surface area contributed by atoms with Crippen molar-refractivity contribution in [2.45, 2.75) is 13.5 Å². The first-order valence-electron chi connectivity index (χ1n) is 5.74. The van der Waals surface area contributed by atoms with Gasteiger partial charge >= 0.3 is 0 Å². The summed E-state index contributed by atoms with van der Waals surface area (Å²) in [5, 5.41) is 13.6. The van der Waals surface area contributed by atoms with E-state index in [1.807, 2.05) is 21.0 Å². The van der Waals surface area contributed by atoms with Gasteiger partial charge in [-0.25, -0.2) is 9.07 Å². The minimum absolute atomic E-state index is 0.0654. The van der Waals surface area contributed by atoms with Crippen molar-refractivity contribution < 1.29 is 9.50 Å². The van der Waals surface area contributed by atoms with Gasteiger partial charge in [0.25, 0.3) is 0 Å². The number of phenols is 1. The van der Waals surface area contributed by atoms with Gasteiger partial charge in [0.1, 0.15) is 11.6 Å². The standard InChI is InChI=1S/C12H14ClFN4O/c1-4-18-12(17(2)3)15-11(16-18)7-5-8(13)10(19)6-9(7)14/h5-6,19H,4H2,1-3H3. The number of nitrogens with zero attached hydrogens (tertiary/aromatic N) is 4. The number of hydrogen-bond donors (Lipinski definition) is 1. The largest absolute Gasteiger partial charge is 0.506 e. The number of rotatable bonds is 3. The molecule has 0 saturated heterocycles. The van der Waals surface area contributed by atoms with Crippen LogP contribution in [0.4, 0.5) is 10.3 Å². The van der Waals surface area contributed by atoms with E-state index in [9.17, 15) is 9.50 Å². The molecule has 1 N–H and O–H groups in total. The molecular formula is C12H14ClFN4O. The van der Waals surface area contributed by atoms with E-state index in [2.05, 4.69) is 10.1 Å². The number of aromatic hydroxyl groups is 1. The molecule has 0 spiro atoms. The fourth-order valence-corrected chi connectivity index (χ4v) is 1.86. The van der Waals surface area contributed by atoms with Crippen molar-refractivity contribution in [3.63, 3.8) is 0 Å². The molecule has 0 fully saturated rings. The van der Waals surface area contributed by atoms with Gasteiger partial charge in [0.15, 0.2) is 5.82 Å². The summed E-state index contributed by atoms with van der Waals surface area (Å²) in [6.07, 6.45) is 0. The molecule has 2 aromatic rings. The van der Waals surface area contributed by atoms with Crippen LogP contribution in [0.5, 0.6) is 5.75 Å². The number of aromatic nitrogens is 3. The average Bonchev–Trinajstić information content (AvgIpc) is 2.77. The maximum atomic E-state index is 13.8. The fourth-order valence-electron chi connectivity index (χ4n) is 1.70. The highest BCUT2D eigenvalue weighted by Gasteiger charge is 2.17. The molecule has 0 saturated carbocycles. The van der Waals surface area contributed by atoms with Crippen LogP contribution in [0.15, 0.2) is 12.1 Å². The maximum Gasteiger partial charge on any atom is 0.223 e. The van der Waals surface area contributed by atoms with Crippen molar-refractivity contribution in [3.8, 4) is 17.1 Å². The van der Waals surface area contributed by atoms with Gasteiger partial charge < -0.3 is 10.0 Å². The SMILES string of the molecule is CCn1nc(-c2cc(Cl)c(O)cc2F)nc1N(C)C. The highest BCUT2D eigenvalue weighted by Crippen LogP contribution is 2.31. The summed E-state index contributed by atoms with van der Waals surface area (Å²) >= 11 is 5.79. The first-order chi connectivity index (χ1) is 8.93. The van der Waals surface area contributed by atoms with Crippen LogP contribution in [0.25, 0.3) is 11.4 Å². The summed E-state index contributed by atoms with van der Waals surface area (Å²) in [4.78, 5) is 6.07. The molecule has 1 aromatic heterocycles. The minimum Gasteiger partial charge on any atom is -0.506 e. The molecule has 0 aliphatic carbocycles. The highest BCUT2D eigenvalue weighted by molar-refractivity contribution is 6.32. The minimum atomic E-state index is -0.611. The third-order valence-electron chi connectivity index (χ3n) is 2.63. The second-order valence-corrected chi connectivity index (χ2v) is 4.64. The van der Waals surface area contributed by atoms with E-state index < -0.39 is 5.82 Å². The normalized spacial score (nSPS) is 10.8. The Kier molecular flexibility index (Phi) is 3.61. The van der Waals surface area contributed by atoms with Crippen molar-refractivity contribution in [1.29, 1.82) is 0 Å². The first-order valence-corrected chi connectivity index (χ1v) is 6.12. The topological polar surface area (TPSA) is 54.2 Å². The summed E-state index contributed by atoms with van der Waals surface area (Å²) in [7, 11) is 3.67. The third kappa shape index (κ3) is 2.49. The Labute approximate surface area is 115 Å². The zero-order valence-corrected chi connectivity index (χ0v) is 11.6. The molecule has 0 amide bonds. The maximum absolute atomic E-state index is 13.8. The number of halogens is 2. The van der Waals surface area contributed by atoms with E-state index in [1.54, 1.807) is 9.58 Å². The highest BCUT2D eigenvalue weighted by atomic mass is 35.5. The van der Waals surface area contributed by atoms with Crippen LogP contribution in [-0.4, -0.2) is 34.0 Å². The Morgan fingerprint density at radius 2 is 2.11 bits per heavy atom. The third-order valence-corrected chi connectivity index (χ3v) is 2.93. The monoisotopic (exact) mass is 284 g/mol. The molecule has 0 aliphatic heterocycles. The Hall–Kier alpha value is -1.82. The molecule has 0 bridgehead atoms. The van der Waals surface area contributed by atoms with E-state index in [4.69, 9.17) is 11.6 Å². The summed E-state index contributed by atoms with van der Waals surface area (Å²) in [6.45, 7) is 2.54. The van der Waals surface area contributed by atoms with E-state index in [1.165, 1.54) is 6.07 Å². The quantitative estimate of drug-likeness (QED) is 0.941. The lowest BCUT2D eigenvalue weighted by Gasteiger charge is -2.10. The number of benzene rings is 1. The molecule has 102 valence electrons. The van der Waals surface area contributed by atoms with Gasteiger partial charge in [0.2, 0.25) is 5.95 Å². The molecule has 7 heteroatoms. The Balaban J connectivity index is 2.56. The number of anilines is 1. The smallest absolute Gasteiger partial charge is 0.223 e. The Morgan fingerprint density at radius 3 is 2.63 bits per heavy atom. The van der Waals surface area contributed by atoms with Crippen molar-refractivity contribution in [2.75, 3.05) is 19.0 Å². The molecular weight excluding hydrogens is 271 g/mol. The summed E-state index contributed by atoms with van der Waals surface area (Å²) in [5.74, 6) is -0.0443.